The van der Waals surface area contributed by atoms with Gasteiger partial charge in [0.25, 0.3) is 0 Å². The van der Waals surface area contributed by atoms with Gasteiger partial charge in [0.15, 0.2) is 17.5 Å². The molecule has 1 heterocycles. The van der Waals surface area contributed by atoms with E-state index in [1.165, 1.54) is 0 Å². The molecule has 0 aliphatic rings. The third-order valence-electron chi connectivity index (χ3n) is 2.67. The average molecular weight is 265 g/mol. The molecule has 2 aromatic rings. The Hall–Kier alpha value is -2.29. The van der Waals surface area contributed by atoms with Crippen molar-refractivity contribution >= 4 is 16.6 Å². The maximum atomic E-state index is 13.6. The molecule has 19 heavy (non-hydrogen) atoms. The van der Waals surface area contributed by atoms with Crippen LogP contribution in [0.4, 0.5) is 18.9 Å². The molecule has 0 aliphatic heterocycles. The van der Waals surface area contributed by atoms with Gasteiger partial charge in [-0.05, 0) is 12.5 Å². The van der Waals surface area contributed by atoms with Crippen molar-refractivity contribution in [2.45, 2.75) is 13.3 Å². The number of benzene rings is 1. The molecule has 98 valence electrons. The number of pyridine rings is 1. The summed E-state index contributed by atoms with van der Waals surface area (Å²) in [6, 6.07) is 2.73. The highest BCUT2D eigenvalue weighted by atomic mass is 19.2. The number of nitrogens with zero attached hydrogens (tertiary/aromatic N) is 2. The molecule has 0 spiro atoms. The number of hydrogen-bond donors (Lipinski definition) is 1. The first-order valence-corrected chi connectivity index (χ1v) is 5.70. The van der Waals surface area contributed by atoms with Crippen LogP contribution in [0.15, 0.2) is 12.3 Å². The lowest BCUT2D eigenvalue weighted by Gasteiger charge is -2.11. The van der Waals surface area contributed by atoms with Gasteiger partial charge in [-0.25, -0.2) is 13.2 Å². The number of nitriles is 1. The number of nitrogens with one attached hydrogen (secondary N) is 1. The van der Waals surface area contributed by atoms with Gasteiger partial charge in [-0.1, -0.05) is 6.92 Å². The number of rotatable bonds is 3. The van der Waals surface area contributed by atoms with E-state index in [-0.39, 0.29) is 22.2 Å². The van der Waals surface area contributed by atoms with Gasteiger partial charge in [-0.15, -0.1) is 0 Å². The number of halogens is 3. The van der Waals surface area contributed by atoms with Gasteiger partial charge in [0.05, 0.1) is 11.3 Å². The molecule has 0 fully saturated rings. The van der Waals surface area contributed by atoms with E-state index >= 15 is 0 Å². The van der Waals surface area contributed by atoms with Crippen LogP contribution >= 0.6 is 0 Å². The van der Waals surface area contributed by atoms with Crippen LogP contribution in [-0.4, -0.2) is 11.5 Å². The Balaban J connectivity index is 2.78. The molecule has 0 amide bonds. The van der Waals surface area contributed by atoms with Crippen molar-refractivity contribution in [1.29, 1.82) is 5.26 Å². The highest BCUT2D eigenvalue weighted by Crippen LogP contribution is 2.29. The number of aromatic nitrogens is 1. The molecular weight excluding hydrogens is 255 g/mol. The lowest BCUT2D eigenvalue weighted by atomic mass is 10.1. The predicted molar refractivity (Wildman–Crippen MR) is 65.1 cm³/mol. The zero-order valence-electron chi connectivity index (χ0n) is 10.1. The van der Waals surface area contributed by atoms with Crippen molar-refractivity contribution in [2.75, 3.05) is 11.9 Å². The topological polar surface area (TPSA) is 48.7 Å². The van der Waals surface area contributed by atoms with Crippen molar-refractivity contribution in [2.24, 2.45) is 0 Å². The molecule has 0 radical (unpaired) electrons. The van der Waals surface area contributed by atoms with E-state index in [9.17, 15) is 13.2 Å². The highest BCUT2D eigenvalue weighted by Gasteiger charge is 2.18. The summed E-state index contributed by atoms with van der Waals surface area (Å²) in [4.78, 5) is 3.68. The van der Waals surface area contributed by atoms with Gasteiger partial charge in [-0.2, -0.15) is 5.26 Å². The van der Waals surface area contributed by atoms with Gasteiger partial charge in [0, 0.05) is 18.1 Å². The molecule has 1 aromatic carbocycles. The minimum atomic E-state index is -1.56. The van der Waals surface area contributed by atoms with E-state index in [1.54, 1.807) is 0 Å². The SMILES string of the molecule is CCCNc1c(C#N)cnc2c(F)c(F)c(F)cc12. The van der Waals surface area contributed by atoms with E-state index in [4.69, 9.17) is 5.26 Å². The minimum absolute atomic E-state index is 0.0592. The molecule has 0 saturated heterocycles. The van der Waals surface area contributed by atoms with E-state index in [2.05, 4.69) is 10.3 Å². The van der Waals surface area contributed by atoms with Crippen molar-refractivity contribution < 1.29 is 13.2 Å². The summed E-state index contributed by atoms with van der Waals surface area (Å²) in [5.74, 6) is -4.22. The fourth-order valence-corrected chi connectivity index (χ4v) is 1.77. The Bertz CT molecular complexity index is 677. The Kier molecular flexibility index (Phi) is 3.56. The Morgan fingerprint density at radius 3 is 2.68 bits per heavy atom. The maximum Gasteiger partial charge on any atom is 0.196 e. The third kappa shape index (κ3) is 2.19. The summed E-state index contributed by atoms with van der Waals surface area (Å²) in [7, 11) is 0. The van der Waals surface area contributed by atoms with Crippen LogP contribution in [-0.2, 0) is 0 Å². The Morgan fingerprint density at radius 2 is 2.05 bits per heavy atom. The predicted octanol–water partition coefficient (Wildman–Crippen LogP) is 3.35. The first-order valence-electron chi connectivity index (χ1n) is 5.70. The monoisotopic (exact) mass is 265 g/mol. The lowest BCUT2D eigenvalue weighted by molar-refractivity contribution is 0.452. The standard InChI is InChI=1S/C13H10F3N3/c1-2-3-18-12-7(5-17)6-19-13-8(12)4-9(14)10(15)11(13)16/h4,6H,2-3H2,1H3,(H,18,19). The van der Waals surface area contributed by atoms with Crippen LogP contribution in [0.3, 0.4) is 0 Å². The lowest BCUT2D eigenvalue weighted by Crippen LogP contribution is -2.05. The van der Waals surface area contributed by atoms with Gasteiger partial charge < -0.3 is 5.32 Å². The molecule has 0 saturated carbocycles. The first kappa shape index (κ1) is 13.1. The first-order chi connectivity index (χ1) is 9.10. The summed E-state index contributed by atoms with van der Waals surface area (Å²) in [6.45, 7) is 2.43. The summed E-state index contributed by atoms with van der Waals surface area (Å²) in [5.41, 5.74) is 0.134. The van der Waals surface area contributed by atoms with Crippen molar-refractivity contribution in [3.63, 3.8) is 0 Å². The molecular formula is C13H10F3N3. The van der Waals surface area contributed by atoms with Crippen molar-refractivity contribution in [1.82, 2.24) is 4.98 Å². The molecule has 1 aromatic heterocycles. The fraction of sp³-hybridized carbons (Fsp3) is 0.231. The van der Waals surface area contributed by atoms with Crippen LogP contribution in [0, 0.1) is 28.8 Å². The molecule has 1 N–H and O–H groups in total. The minimum Gasteiger partial charge on any atom is -0.383 e. The quantitative estimate of drug-likeness (QED) is 0.866. The summed E-state index contributed by atoms with van der Waals surface area (Å²) in [6.07, 6.45) is 1.90. The second-order valence-electron chi connectivity index (χ2n) is 3.97. The normalized spacial score (nSPS) is 10.5. The van der Waals surface area contributed by atoms with Crippen LogP contribution in [0.5, 0.6) is 0 Å². The summed E-state index contributed by atoms with van der Waals surface area (Å²) in [5, 5.41) is 12.0. The molecule has 6 heteroatoms. The zero-order chi connectivity index (χ0) is 14.0. The van der Waals surface area contributed by atoms with E-state index in [1.807, 2.05) is 13.0 Å². The van der Waals surface area contributed by atoms with Gasteiger partial charge in [-0.3, -0.25) is 4.98 Å². The van der Waals surface area contributed by atoms with Crippen molar-refractivity contribution in [3.8, 4) is 6.07 Å². The van der Waals surface area contributed by atoms with E-state index in [0.717, 1.165) is 18.7 Å². The second-order valence-corrected chi connectivity index (χ2v) is 3.97. The van der Waals surface area contributed by atoms with E-state index < -0.39 is 17.5 Å². The number of hydrogen-bond acceptors (Lipinski definition) is 3. The molecule has 0 atom stereocenters. The third-order valence-corrected chi connectivity index (χ3v) is 2.67. The van der Waals surface area contributed by atoms with E-state index in [0.29, 0.717) is 6.54 Å². The highest BCUT2D eigenvalue weighted by molar-refractivity contribution is 5.94. The maximum absolute atomic E-state index is 13.6. The summed E-state index contributed by atoms with van der Waals surface area (Å²) >= 11 is 0. The molecule has 0 aliphatic carbocycles. The number of anilines is 1. The van der Waals surface area contributed by atoms with Crippen molar-refractivity contribution in [3.05, 3.63) is 35.3 Å². The molecule has 3 nitrogen and oxygen atoms in total. The van der Waals surface area contributed by atoms with Crippen LogP contribution in [0.1, 0.15) is 18.9 Å². The second kappa shape index (κ2) is 5.14. The Morgan fingerprint density at radius 1 is 1.32 bits per heavy atom. The fourth-order valence-electron chi connectivity index (χ4n) is 1.77. The largest absolute Gasteiger partial charge is 0.383 e. The summed E-state index contributed by atoms with van der Waals surface area (Å²) < 4.78 is 40.1. The van der Waals surface area contributed by atoms with Crippen LogP contribution in [0.25, 0.3) is 10.9 Å². The van der Waals surface area contributed by atoms with Crippen LogP contribution in [0.2, 0.25) is 0 Å². The van der Waals surface area contributed by atoms with Gasteiger partial charge >= 0.3 is 0 Å². The molecule has 0 unspecified atom stereocenters. The Labute approximate surface area is 107 Å². The number of fused-ring (bicyclic) bond motifs is 1. The average Bonchev–Trinajstić information content (AvgIpc) is 2.42. The van der Waals surface area contributed by atoms with Crippen LogP contribution < -0.4 is 5.32 Å². The van der Waals surface area contributed by atoms with Gasteiger partial charge in [0.1, 0.15) is 11.6 Å². The molecule has 0 bridgehead atoms. The smallest absolute Gasteiger partial charge is 0.196 e. The van der Waals surface area contributed by atoms with Gasteiger partial charge in [0.2, 0.25) is 0 Å². The zero-order valence-corrected chi connectivity index (χ0v) is 10.1. The molecule has 2 rings (SSSR count).